The molecule has 6 heterocycles. The van der Waals surface area contributed by atoms with Crippen molar-refractivity contribution in [2.75, 3.05) is 49.1 Å². The Morgan fingerprint density at radius 3 is 2.38 bits per heavy atom. The van der Waals surface area contributed by atoms with Crippen molar-refractivity contribution in [1.29, 1.82) is 0 Å². The summed E-state index contributed by atoms with van der Waals surface area (Å²) in [6, 6.07) is 7.50. The van der Waals surface area contributed by atoms with E-state index < -0.39 is 15.5 Å². The summed E-state index contributed by atoms with van der Waals surface area (Å²) in [6.45, 7) is 4.01. The minimum Gasteiger partial charge on any atom is -0.367 e. The number of piperidine rings is 1. The molecule has 0 amide bonds. The monoisotopic (exact) mass is 537 g/mol. The molecule has 0 aliphatic carbocycles. The van der Waals surface area contributed by atoms with Gasteiger partial charge in [0.05, 0.1) is 17.3 Å². The summed E-state index contributed by atoms with van der Waals surface area (Å²) in [5, 5.41) is 2.65. The van der Waals surface area contributed by atoms with Crippen molar-refractivity contribution in [3.8, 4) is 5.13 Å². The highest BCUT2D eigenvalue weighted by Gasteiger charge is 2.31. The van der Waals surface area contributed by atoms with Gasteiger partial charge in [-0.3, -0.25) is 14.3 Å². The zero-order chi connectivity index (χ0) is 25.4. The Kier molecular flexibility index (Phi) is 6.39. The topological polar surface area (TPSA) is 105 Å². The zero-order valence-corrected chi connectivity index (χ0v) is 21.9. The minimum atomic E-state index is -3.93. The van der Waals surface area contributed by atoms with Crippen LogP contribution in [-0.2, 0) is 10.0 Å². The SMILES string of the molecule is O=c1c(S(=O)(=O)N2CCCCC2)cn(-c2nccs2)c2nc(N3CCN(c4cccnc4)CC3)ccc12. The third kappa shape index (κ3) is 4.49. The maximum absolute atomic E-state index is 13.5. The van der Waals surface area contributed by atoms with Crippen LogP contribution in [0.3, 0.4) is 0 Å². The van der Waals surface area contributed by atoms with Crippen molar-refractivity contribution in [3.63, 3.8) is 0 Å². The molecule has 12 heteroatoms. The molecule has 0 aromatic carbocycles. The normalized spacial score (nSPS) is 17.4. The molecule has 4 aromatic rings. The summed E-state index contributed by atoms with van der Waals surface area (Å²) >= 11 is 1.37. The van der Waals surface area contributed by atoms with Gasteiger partial charge < -0.3 is 9.80 Å². The van der Waals surface area contributed by atoms with E-state index in [2.05, 4.69) is 25.8 Å². The Morgan fingerprint density at radius 1 is 0.892 bits per heavy atom. The fourth-order valence-electron chi connectivity index (χ4n) is 4.99. The van der Waals surface area contributed by atoms with E-state index in [0.29, 0.717) is 23.9 Å². The summed E-state index contributed by atoms with van der Waals surface area (Å²) < 4.78 is 30.1. The fourth-order valence-corrected chi connectivity index (χ4v) is 7.21. The van der Waals surface area contributed by atoms with Gasteiger partial charge in [-0.2, -0.15) is 4.31 Å². The number of aromatic nitrogens is 4. The molecule has 4 aromatic heterocycles. The highest BCUT2D eigenvalue weighted by molar-refractivity contribution is 7.89. The summed E-state index contributed by atoms with van der Waals surface area (Å²) in [5.41, 5.74) is 0.979. The van der Waals surface area contributed by atoms with Crippen LogP contribution in [0.25, 0.3) is 16.2 Å². The molecule has 192 valence electrons. The van der Waals surface area contributed by atoms with Crippen LogP contribution in [0.15, 0.2) is 64.1 Å². The van der Waals surface area contributed by atoms with Crippen LogP contribution in [0.5, 0.6) is 0 Å². The lowest BCUT2D eigenvalue weighted by Crippen LogP contribution is -2.46. The number of thiazole rings is 1. The lowest BCUT2D eigenvalue weighted by Gasteiger charge is -2.36. The first kappa shape index (κ1) is 24.0. The first-order chi connectivity index (χ1) is 18.0. The first-order valence-electron chi connectivity index (χ1n) is 12.4. The molecule has 2 aliphatic rings. The quantitative estimate of drug-likeness (QED) is 0.383. The van der Waals surface area contributed by atoms with Gasteiger partial charge in [0.1, 0.15) is 10.7 Å². The maximum Gasteiger partial charge on any atom is 0.248 e. The molecule has 37 heavy (non-hydrogen) atoms. The van der Waals surface area contributed by atoms with Gasteiger partial charge >= 0.3 is 0 Å². The van der Waals surface area contributed by atoms with E-state index in [9.17, 15) is 13.2 Å². The van der Waals surface area contributed by atoms with Crippen LogP contribution in [-0.4, -0.2) is 71.5 Å². The lowest BCUT2D eigenvalue weighted by molar-refractivity contribution is 0.346. The molecule has 0 radical (unpaired) electrons. The third-order valence-electron chi connectivity index (χ3n) is 6.98. The number of sulfonamides is 1. The molecule has 2 fully saturated rings. The second-order valence-electron chi connectivity index (χ2n) is 9.20. The first-order valence-corrected chi connectivity index (χ1v) is 14.7. The molecule has 0 bridgehead atoms. The highest BCUT2D eigenvalue weighted by atomic mass is 32.2. The fraction of sp³-hybridized carbons (Fsp3) is 0.360. The molecule has 2 aliphatic heterocycles. The Balaban J connectivity index is 1.38. The summed E-state index contributed by atoms with van der Waals surface area (Å²) in [7, 11) is -3.93. The number of anilines is 2. The van der Waals surface area contributed by atoms with Crippen molar-refractivity contribution < 1.29 is 8.42 Å². The molecule has 0 unspecified atom stereocenters. The lowest BCUT2D eigenvalue weighted by atomic mass is 10.2. The van der Waals surface area contributed by atoms with E-state index in [1.165, 1.54) is 21.8 Å². The number of rotatable bonds is 5. The molecule has 10 nitrogen and oxygen atoms in total. The molecule has 0 spiro atoms. The van der Waals surface area contributed by atoms with Gasteiger partial charge in [0.25, 0.3) is 0 Å². The standard InChI is InChI=1S/C25H27N7O3S2/c33-23-20-6-7-22(30-14-12-29(13-15-30)19-5-4-8-26-17-19)28-24(20)32(25-27-9-16-36-25)18-21(23)37(34,35)31-10-2-1-3-11-31/h4-9,16-18H,1-3,10-15H2. The van der Waals surface area contributed by atoms with Crippen molar-refractivity contribution in [3.05, 3.63) is 64.7 Å². The Hall–Kier alpha value is -3.35. The number of hydrogen-bond donors (Lipinski definition) is 0. The molecular formula is C25H27N7O3S2. The van der Waals surface area contributed by atoms with Gasteiger partial charge in [-0.05, 0) is 37.1 Å². The van der Waals surface area contributed by atoms with Gasteiger partial charge in [-0.1, -0.05) is 6.42 Å². The van der Waals surface area contributed by atoms with Crippen LogP contribution in [0.1, 0.15) is 19.3 Å². The van der Waals surface area contributed by atoms with Crippen molar-refractivity contribution >= 4 is 43.9 Å². The number of pyridine rings is 3. The average molecular weight is 538 g/mol. The van der Waals surface area contributed by atoms with Gasteiger partial charge in [0, 0.05) is 63.2 Å². The van der Waals surface area contributed by atoms with Gasteiger partial charge in [-0.25, -0.2) is 18.4 Å². The molecule has 0 saturated carbocycles. The Labute approximate surface area is 218 Å². The van der Waals surface area contributed by atoms with Gasteiger partial charge in [0.15, 0.2) is 10.8 Å². The van der Waals surface area contributed by atoms with Crippen LogP contribution in [0, 0.1) is 0 Å². The van der Waals surface area contributed by atoms with Gasteiger partial charge in [-0.15, -0.1) is 11.3 Å². The van der Waals surface area contributed by atoms with Crippen molar-refractivity contribution in [2.45, 2.75) is 24.2 Å². The summed E-state index contributed by atoms with van der Waals surface area (Å²) in [5.74, 6) is 0.745. The van der Waals surface area contributed by atoms with E-state index in [1.807, 2.05) is 23.7 Å². The van der Waals surface area contributed by atoms with E-state index in [-0.39, 0.29) is 10.3 Å². The predicted octanol–water partition coefficient (Wildman–Crippen LogP) is 2.74. The van der Waals surface area contributed by atoms with Crippen LogP contribution in [0.2, 0.25) is 0 Å². The maximum atomic E-state index is 13.5. The molecular weight excluding hydrogens is 510 g/mol. The zero-order valence-electron chi connectivity index (χ0n) is 20.2. The predicted molar refractivity (Wildman–Crippen MR) is 144 cm³/mol. The third-order valence-corrected chi connectivity index (χ3v) is 9.64. The van der Waals surface area contributed by atoms with Crippen molar-refractivity contribution in [2.24, 2.45) is 0 Å². The smallest absolute Gasteiger partial charge is 0.248 e. The highest BCUT2D eigenvalue weighted by Crippen LogP contribution is 2.26. The minimum absolute atomic E-state index is 0.225. The number of fused-ring (bicyclic) bond motifs is 1. The average Bonchev–Trinajstić information content (AvgIpc) is 3.49. The number of nitrogens with zero attached hydrogens (tertiary/aromatic N) is 7. The molecule has 2 saturated heterocycles. The Bertz CT molecular complexity index is 1560. The largest absolute Gasteiger partial charge is 0.367 e. The van der Waals surface area contributed by atoms with E-state index in [0.717, 1.165) is 56.9 Å². The van der Waals surface area contributed by atoms with Gasteiger partial charge in [0.2, 0.25) is 15.5 Å². The van der Waals surface area contributed by atoms with Crippen LogP contribution in [0.4, 0.5) is 11.5 Å². The second-order valence-corrected chi connectivity index (χ2v) is 12.0. The van der Waals surface area contributed by atoms with Crippen LogP contribution < -0.4 is 15.2 Å². The molecule has 6 rings (SSSR count). The van der Waals surface area contributed by atoms with E-state index >= 15 is 0 Å². The molecule has 0 atom stereocenters. The van der Waals surface area contributed by atoms with Crippen LogP contribution >= 0.6 is 11.3 Å². The second kappa shape index (κ2) is 9.84. The molecule has 0 N–H and O–H groups in total. The summed E-state index contributed by atoms with van der Waals surface area (Å²) in [6.07, 6.45) is 9.29. The van der Waals surface area contributed by atoms with E-state index in [1.54, 1.807) is 23.0 Å². The number of hydrogen-bond acceptors (Lipinski definition) is 9. The van der Waals surface area contributed by atoms with E-state index in [4.69, 9.17) is 4.98 Å². The Morgan fingerprint density at radius 2 is 1.68 bits per heavy atom. The number of piperazine rings is 1. The summed E-state index contributed by atoms with van der Waals surface area (Å²) in [4.78, 5) is 31.2. The van der Waals surface area contributed by atoms with Crippen molar-refractivity contribution in [1.82, 2.24) is 23.8 Å².